The average Bonchev–Trinajstić information content (AvgIpc) is 2.67. The Morgan fingerprint density at radius 2 is 1.57 bits per heavy atom. The summed E-state index contributed by atoms with van der Waals surface area (Å²) in [5.74, 6) is -2.61. The zero-order valence-corrected chi connectivity index (χ0v) is 14.1. The predicted molar refractivity (Wildman–Crippen MR) is 96.8 cm³/mol. The number of benzene rings is 3. The number of phenolic OH excluding ortho intramolecular Hbond substituents is 2. The van der Waals surface area contributed by atoms with E-state index in [0.717, 1.165) is 17.0 Å². The van der Waals surface area contributed by atoms with E-state index in [1.54, 1.807) is 0 Å². The number of aromatic carboxylic acids is 1. The number of anilines is 2. The molecule has 8 heteroatoms. The maximum Gasteiger partial charge on any atom is 0.335 e. The number of hydrogen-bond donors (Lipinski definition) is 3. The Morgan fingerprint density at radius 3 is 2.18 bits per heavy atom. The number of ether oxygens (including phenoxy) is 1. The van der Waals surface area contributed by atoms with Crippen molar-refractivity contribution in [3.05, 3.63) is 59.9 Å². The number of rotatable bonds is 3. The summed E-state index contributed by atoms with van der Waals surface area (Å²) in [5.41, 5.74) is 1.27. The van der Waals surface area contributed by atoms with Gasteiger partial charge in [-0.2, -0.15) is 0 Å². The van der Waals surface area contributed by atoms with E-state index in [9.17, 15) is 24.2 Å². The smallest absolute Gasteiger partial charge is 0.335 e. The quantitative estimate of drug-likeness (QED) is 0.592. The van der Waals surface area contributed by atoms with Gasteiger partial charge in [-0.15, -0.1) is 0 Å². The molecule has 4 rings (SSSR count). The van der Waals surface area contributed by atoms with Crippen LogP contribution in [0, 0.1) is 5.82 Å². The molecule has 7 nitrogen and oxygen atoms in total. The fourth-order valence-corrected chi connectivity index (χ4v) is 3.02. The molecule has 1 heterocycles. The molecule has 0 radical (unpaired) electrons. The maximum absolute atomic E-state index is 13.8. The molecule has 3 N–H and O–H groups in total. The van der Waals surface area contributed by atoms with Crippen LogP contribution in [-0.2, 0) is 4.79 Å². The van der Waals surface area contributed by atoms with E-state index in [-0.39, 0.29) is 34.2 Å². The molecule has 3 aromatic carbocycles. The van der Waals surface area contributed by atoms with Gasteiger partial charge in [0.2, 0.25) is 6.41 Å². The molecule has 1 amide bonds. The number of fused-ring (bicyclic) bond motifs is 2. The minimum absolute atomic E-state index is 0.0523. The number of nitrogens with zero attached hydrogens (tertiary/aromatic N) is 1. The van der Waals surface area contributed by atoms with Crippen LogP contribution in [0.4, 0.5) is 15.8 Å². The third-order valence-electron chi connectivity index (χ3n) is 4.39. The molecule has 0 aromatic heterocycles. The number of carboxylic acid groups (broad SMARTS) is 1. The second kappa shape index (κ2) is 6.27. The summed E-state index contributed by atoms with van der Waals surface area (Å²) < 4.78 is 19.4. The molecule has 28 heavy (non-hydrogen) atoms. The van der Waals surface area contributed by atoms with E-state index in [0.29, 0.717) is 17.5 Å². The highest BCUT2D eigenvalue weighted by molar-refractivity contribution is 5.96. The molecule has 140 valence electrons. The van der Waals surface area contributed by atoms with Gasteiger partial charge < -0.3 is 20.1 Å². The van der Waals surface area contributed by atoms with Crippen molar-refractivity contribution in [1.82, 2.24) is 0 Å². The lowest BCUT2D eigenvalue weighted by Gasteiger charge is -2.29. The summed E-state index contributed by atoms with van der Waals surface area (Å²) in [6, 6.07) is 10.6. The van der Waals surface area contributed by atoms with Gasteiger partial charge in [-0.3, -0.25) is 9.69 Å². The molecule has 0 atom stereocenters. The SMILES string of the molecule is O=CN1c2cc(F)c(O)cc2Oc2cc(O)c(-c3ccc(C(=O)O)cc3)cc21. The number of aromatic hydroxyl groups is 2. The van der Waals surface area contributed by atoms with Crippen molar-refractivity contribution in [3.8, 4) is 34.1 Å². The third kappa shape index (κ3) is 2.67. The summed E-state index contributed by atoms with van der Waals surface area (Å²) in [5, 5.41) is 28.9. The van der Waals surface area contributed by atoms with Crippen molar-refractivity contribution in [2.45, 2.75) is 0 Å². The first-order chi connectivity index (χ1) is 13.4. The molecule has 0 saturated heterocycles. The van der Waals surface area contributed by atoms with Crippen LogP contribution in [0.25, 0.3) is 11.1 Å². The van der Waals surface area contributed by atoms with Gasteiger partial charge in [0.25, 0.3) is 0 Å². The highest BCUT2D eigenvalue weighted by Crippen LogP contribution is 2.50. The second-order valence-corrected chi connectivity index (χ2v) is 6.07. The topological polar surface area (TPSA) is 107 Å². The van der Waals surface area contributed by atoms with Crippen LogP contribution in [0.3, 0.4) is 0 Å². The summed E-state index contributed by atoms with van der Waals surface area (Å²) >= 11 is 0. The fraction of sp³-hybridized carbons (Fsp3) is 0. The molecule has 1 aliphatic rings. The van der Waals surface area contributed by atoms with Crippen LogP contribution in [0.5, 0.6) is 23.0 Å². The zero-order valence-electron chi connectivity index (χ0n) is 14.1. The number of carbonyl (C=O) groups excluding carboxylic acids is 1. The van der Waals surface area contributed by atoms with Gasteiger partial charge in [0.05, 0.1) is 16.9 Å². The molecular formula is C20H12FNO6. The van der Waals surface area contributed by atoms with E-state index in [4.69, 9.17) is 9.84 Å². The number of amides is 1. The molecule has 0 spiro atoms. The Hall–Kier alpha value is -4.07. The Kier molecular flexibility index (Phi) is 3.89. The summed E-state index contributed by atoms with van der Waals surface area (Å²) in [6.45, 7) is 0. The standard InChI is InChI=1S/C20H12FNO6/c21-13-6-15-19(8-17(13)25)28-18-7-16(24)12(5-14(18)22(15)9-23)10-1-3-11(4-2-10)20(26)27/h1-9,24-25H,(H,26,27). The van der Waals surface area contributed by atoms with Gasteiger partial charge >= 0.3 is 5.97 Å². The van der Waals surface area contributed by atoms with Gasteiger partial charge in [-0.25, -0.2) is 9.18 Å². The van der Waals surface area contributed by atoms with Crippen molar-refractivity contribution in [2.75, 3.05) is 4.90 Å². The van der Waals surface area contributed by atoms with E-state index in [1.807, 2.05) is 0 Å². The number of hydrogen-bond acceptors (Lipinski definition) is 5. The lowest BCUT2D eigenvalue weighted by molar-refractivity contribution is -0.106. The second-order valence-electron chi connectivity index (χ2n) is 6.07. The normalized spacial score (nSPS) is 12.0. The molecular weight excluding hydrogens is 369 g/mol. The van der Waals surface area contributed by atoms with Crippen molar-refractivity contribution in [1.29, 1.82) is 0 Å². The Balaban J connectivity index is 1.84. The molecule has 0 bridgehead atoms. The summed E-state index contributed by atoms with van der Waals surface area (Å²) in [4.78, 5) is 23.8. The van der Waals surface area contributed by atoms with Crippen molar-refractivity contribution in [3.63, 3.8) is 0 Å². The first-order valence-electron chi connectivity index (χ1n) is 8.04. The lowest BCUT2D eigenvalue weighted by atomic mass is 10.0. The largest absolute Gasteiger partial charge is 0.507 e. The van der Waals surface area contributed by atoms with Gasteiger partial charge in [0.1, 0.15) is 5.75 Å². The van der Waals surface area contributed by atoms with Gasteiger partial charge in [0.15, 0.2) is 23.1 Å². The van der Waals surface area contributed by atoms with Gasteiger partial charge in [-0.1, -0.05) is 12.1 Å². The highest BCUT2D eigenvalue weighted by atomic mass is 19.1. The molecule has 0 aliphatic carbocycles. The van der Waals surface area contributed by atoms with Crippen LogP contribution in [-0.4, -0.2) is 27.7 Å². The molecule has 0 fully saturated rings. The van der Waals surface area contributed by atoms with Crippen LogP contribution in [0.15, 0.2) is 48.5 Å². The average molecular weight is 381 g/mol. The highest BCUT2D eigenvalue weighted by Gasteiger charge is 2.28. The third-order valence-corrected chi connectivity index (χ3v) is 4.39. The van der Waals surface area contributed by atoms with Crippen LogP contribution >= 0.6 is 0 Å². The Labute approximate surface area is 157 Å². The molecule has 1 aliphatic heterocycles. The number of carbonyl (C=O) groups is 2. The molecule has 0 unspecified atom stereocenters. The van der Waals surface area contributed by atoms with Crippen LogP contribution in [0.1, 0.15) is 10.4 Å². The Bertz CT molecular complexity index is 1130. The van der Waals surface area contributed by atoms with E-state index >= 15 is 0 Å². The molecule has 0 saturated carbocycles. The van der Waals surface area contributed by atoms with Crippen LogP contribution in [0.2, 0.25) is 0 Å². The zero-order chi connectivity index (χ0) is 20.0. The maximum atomic E-state index is 13.8. The molecule has 3 aromatic rings. The van der Waals surface area contributed by atoms with E-state index in [1.165, 1.54) is 36.4 Å². The minimum Gasteiger partial charge on any atom is -0.507 e. The predicted octanol–water partition coefficient (Wildman–Crippen LogP) is 4.00. The number of phenols is 2. The van der Waals surface area contributed by atoms with Crippen molar-refractivity contribution in [2.24, 2.45) is 0 Å². The monoisotopic (exact) mass is 381 g/mol. The Morgan fingerprint density at radius 1 is 0.964 bits per heavy atom. The van der Waals surface area contributed by atoms with Gasteiger partial charge in [0, 0.05) is 23.8 Å². The van der Waals surface area contributed by atoms with E-state index < -0.39 is 17.5 Å². The number of halogens is 1. The van der Waals surface area contributed by atoms with Crippen molar-refractivity contribution < 1.29 is 34.0 Å². The summed E-state index contributed by atoms with van der Waals surface area (Å²) in [7, 11) is 0. The number of carboxylic acids is 1. The lowest BCUT2D eigenvalue weighted by Crippen LogP contribution is -2.19. The first-order valence-corrected chi connectivity index (χ1v) is 8.04. The van der Waals surface area contributed by atoms with Crippen LogP contribution < -0.4 is 9.64 Å². The first kappa shape index (κ1) is 17.3. The fourth-order valence-electron chi connectivity index (χ4n) is 3.02. The van der Waals surface area contributed by atoms with E-state index in [2.05, 4.69) is 0 Å². The summed E-state index contributed by atoms with van der Waals surface area (Å²) in [6.07, 6.45) is 0.463. The van der Waals surface area contributed by atoms with Gasteiger partial charge in [-0.05, 0) is 23.8 Å². The van der Waals surface area contributed by atoms with Crippen molar-refractivity contribution >= 4 is 23.8 Å². The minimum atomic E-state index is -1.08.